The van der Waals surface area contributed by atoms with Gasteiger partial charge in [0.05, 0.1) is 7.11 Å². The number of esters is 1. The molecule has 86 valence electrons. The number of rotatable bonds is 3. The Morgan fingerprint density at radius 3 is 2.56 bits per heavy atom. The van der Waals surface area contributed by atoms with Gasteiger partial charge in [-0.1, -0.05) is 12.2 Å². The Morgan fingerprint density at radius 1 is 1.38 bits per heavy atom. The van der Waals surface area contributed by atoms with Crippen LogP contribution >= 0.6 is 0 Å². The molecule has 0 radical (unpaired) electrons. The molecule has 0 saturated heterocycles. The summed E-state index contributed by atoms with van der Waals surface area (Å²) >= 11 is 0. The fourth-order valence-electron chi connectivity index (χ4n) is 1.28. The molecule has 0 spiro atoms. The van der Waals surface area contributed by atoms with Gasteiger partial charge in [0, 0.05) is 18.6 Å². The lowest BCUT2D eigenvalue weighted by Gasteiger charge is -2.09. The maximum Gasteiger partial charge on any atom is 0.308 e. The number of phenolic OH excluding ortho intramolecular Hbond substituents is 1. The Morgan fingerprint density at radius 2 is 2.06 bits per heavy atom. The second kappa shape index (κ2) is 5.21. The van der Waals surface area contributed by atoms with Crippen LogP contribution in [0.1, 0.15) is 19.4 Å². The first-order chi connectivity index (χ1) is 7.58. The van der Waals surface area contributed by atoms with Gasteiger partial charge in [0.2, 0.25) is 0 Å². The quantitative estimate of drug-likeness (QED) is 0.630. The molecule has 0 aromatic heterocycles. The summed E-state index contributed by atoms with van der Waals surface area (Å²) in [4.78, 5) is 10.9. The van der Waals surface area contributed by atoms with Crippen molar-refractivity contribution in [1.29, 1.82) is 0 Å². The van der Waals surface area contributed by atoms with E-state index in [-0.39, 0.29) is 5.75 Å². The molecule has 1 aromatic carbocycles. The van der Waals surface area contributed by atoms with Crippen molar-refractivity contribution in [3.8, 4) is 17.2 Å². The van der Waals surface area contributed by atoms with Crippen molar-refractivity contribution in [2.75, 3.05) is 7.11 Å². The molecular weight excluding hydrogens is 208 g/mol. The van der Waals surface area contributed by atoms with E-state index in [1.54, 1.807) is 18.2 Å². The standard InChI is InChI=1S/C12H14O4/c1-4-5-9-6-12(15-3)10(14)7-11(9)16-8(2)13/h4-7,14H,1-3H3. The minimum absolute atomic E-state index is 0.0630. The molecule has 0 aliphatic heterocycles. The number of allylic oxidation sites excluding steroid dienone is 1. The number of ether oxygens (including phenoxy) is 2. The summed E-state index contributed by atoms with van der Waals surface area (Å²) in [5.41, 5.74) is 0.673. The maximum atomic E-state index is 10.9. The highest BCUT2D eigenvalue weighted by Crippen LogP contribution is 2.34. The SMILES string of the molecule is CC=Cc1cc(OC)c(O)cc1OC(C)=O. The molecule has 4 heteroatoms. The molecule has 0 aliphatic rings. The second-order valence-electron chi connectivity index (χ2n) is 3.16. The van der Waals surface area contributed by atoms with Crippen molar-refractivity contribution in [3.05, 3.63) is 23.8 Å². The number of carbonyl (C=O) groups excluding carboxylic acids is 1. The molecule has 1 rings (SSSR count). The first-order valence-corrected chi connectivity index (χ1v) is 4.80. The highest BCUT2D eigenvalue weighted by molar-refractivity contribution is 5.73. The molecule has 0 bridgehead atoms. The largest absolute Gasteiger partial charge is 0.504 e. The number of hydrogen-bond donors (Lipinski definition) is 1. The zero-order valence-corrected chi connectivity index (χ0v) is 9.48. The monoisotopic (exact) mass is 222 g/mol. The fraction of sp³-hybridized carbons (Fsp3) is 0.250. The summed E-state index contributed by atoms with van der Waals surface area (Å²) in [6.07, 6.45) is 3.57. The van der Waals surface area contributed by atoms with Gasteiger partial charge in [-0.3, -0.25) is 4.79 Å². The van der Waals surface area contributed by atoms with Crippen LogP contribution in [0.4, 0.5) is 0 Å². The average molecular weight is 222 g/mol. The summed E-state index contributed by atoms with van der Waals surface area (Å²) in [6.45, 7) is 3.15. The third kappa shape index (κ3) is 2.76. The number of methoxy groups -OCH3 is 1. The van der Waals surface area contributed by atoms with Crippen LogP contribution in [0.3, 0.4) is 0 Å². The van der Waals surface area contributed by atoms with Crippen molar-refractivity contribution < 1.29 is 19.4 Å². The molecule has 1 N–H and O–H groups in total. The van der Waals surface area contributed by atoms with Crippen molar-refractivity contribution >= 4 is 12.0 Å². The summed E-state index contributed by atoms with van der Waals surface area (Å²) in [6, 6.07) is 2.96. The minimum atomic E-state index is -0.435. The first-order valence-electron chi connectivity index (χ1n) is 4.80. The molecule has 0 unspecified atom stereocenters. The van der Waals surface area contributed by atoms with E-state index < -0.39 is 5.97 Å². The smallest absolute Gasteiger partial charge is 0.308 e. The van der Waals surface area contributed by atoms with Crippen LogP contribution in [0.5, 0.6) is 17.2 Å². The third-order valence-corrected chi connectivity index (χ3v) is 1.91. The van der Waals surface area contributed by atoms with Crippen molar-refractivity contribution in [2.24, 2.45) is 0 Å². The van der Waals surface area contributed by atoms with Crippen molar-refractivity contribution in [3.63, 3.8) is 0 Å². The van der Waals surface area contributed by atoms with Gasteiger partial charge in [-0.15, -0.1) is 0 Å². The van der Waals surface area contributed by atoms with Gasteiger partial charge >= 0.3 is 5.97 Å². The highest BCUT2D eigenvalue weighted by atomic mass is 16.5. The maximum absolute atomic E-state index is 10.9. The van der Waals surface area contributed by atoms with E-state index in [0.29, 0.717) is 17.1 Å². The number of hydrogen-bond acceptors (Lipinski definition) is 4. The number of aromatic hydroxyl groups is 1. The van der Waals surface area contributed by atoms with E-state index in [1.165, 1.54) is 20.1 Å². The van der Waals surface area contributed by atoms with E-state index in [1.807, 2.05) is 6.92 Å². The third-order valence-electron chi connectivity index (χ3n) is 1.91. The highest BCUT2D eigenvalue weighted by Gasteiger charge is 2.10. The molecule has 1 aromatic rings. The predicted octanol–water partition coefficient (Wildman–Crippen LogP) is 2.36. The lowest BCUT2D eigenvalue weighted by Crippen LogP contribution is -2.03. The molecule has 0 saturated carbocycles. The van der Waals surface area contributed by atoms with E-state index in [4.69, 9.17) is 9.47 Å². The molecule has 0 atom stereocenters. The Hall–Kier alpha value is -1.97. The van der Waals surface area contributed by atoms with Gasteiger partial charge in [0.1, 0.15) is 5.75 Å². The number of benzene rings is 1. The van der Waals surface area contributed by atoms with E-state index in [9.17, 15) is 9.90 Å². The molecule has 4 nitrogen and oxygen atoms in total. The molecule has 0 amide bonds. The van der Waals surface area contributed by atoms with Gasteiger partial charge in [0.15, 0.2) is 11.5 Å². The topological polar surface area (TPSA) is 55.8 Å². The second-order valence-corrected chi connectivity index (χ2v) is 3.16. The Bertz CT molecular complexity index is 421. The van der Waals surface area contributed by atoms with Gasteiger partial charge in [-0.2, -0.15) is 0 Å². The van der Waals surface area contributed by atoms with Crippen LogP contribution < -0.4 is 9.47 Å². The number of carbonyl (C=O) groups is 1. The van der Waals surface area contributed by atoms with Crippen LogP contribution in [0.15, 0.2) is 18.2 Å². The van der Waals surface area contributed by atoms with Gasteiger partial charge in [-0.05, 0) is 13.0 Å². The minimum Gasteiger partial charge on any atom is -0.504 e. The Labute approximate surface area is 94.1 Å². The van der Waals surface area contributed by atoms with Crippen LogP contribution in [-0.4, -0.2) is 18.2 Å². The number of phenols is 1. The van der Waals surface area contributed by atoms with Crippen LogP contribution in [-0.2, 0) is 4.79 Å². The van der Waals surface area contributed by atoms with Gasteiger partial charge in [0.25, 0.3) is 0 Å². The zero-order chi connectivity index (χ0) is 12.1. The van der Waals surface area contributed by atoms with Gasteiger partial charge in [-0.25, -0.2) is 0 Å². The van der Waals surface area contributed by atoms with Crippen LogP contribution in [0, 0.1) is 0 Å². The van der Waals surface area contributed by atoms with E-state index in [2.05, 4.69) is 0 Å². The predicted molar refractivity (Wildman–Crippen MR) is 60.7 cm³/mol. The average Bonchev–Trinajstić information content (AvgIpc) is 2.21. The molecule has 0 aliphatic carbocycles. The normalized spacial score (nSPS) is 10.4. The van der Waals surface area contributed by atoms with Crippen LogP contribution in [0.2, 0.25) is 0 Å². The molecule has 0 fully saturated rings. The van der Waals surface area contributed by atoms with Crippen LogP contribution in [0.25, 0.3) is 6.08 Å². The first kappa shape index (κ1) is 12.1. The molecular formula is C12H14O4. The Balaban J connectivity index is 3.23. The van der Waals surface area contributed by atoms with Gasteiger partial charge < -0.3 is 14.6 Å². The zero-order valence-electron chi connectivity index (χ0n) is 9.48. The van der Waals surface area contributed by atoms with Crippen molar-refractivity contribution in [2.45, 2.75) is 13.8 Å². The molecule has 16 heavy (non-hydrogen) atoms. The Kier molecular flexibility index (Phi) is 3.94. The summed E-state index contributed by atoms with van der Waals surface area (Å²) in [5, 5.41) is 9.56. The lowest BCUT2D eigenvalue weighted by molar-refractivity contribution is -0.131. The van der Waals surface area contributed by atoms with Crippen molar-refractivity contribution in [1.82, 2.24) is 0 Å². The van der Waals surface area contributed by atoms with E-state index in [0.717, 1.165) is 0 Å². The fourth-order valence-corrected chi connectivity index (χ4v) is 1.28. The summed E-state index contributed by atoms with van der Waals surface area (Å²) in [7, 11) is 1.46. The van der Waals surface area contributed by atoms with E-state index >= 15 is 0 Å². The summed E-state index contributed by atoms with van der Waals surface area (Å²) in [5.74, 6) is 0.148. The lowest BCUT2D eigenvalue weighted by atomic mass is 10.1. The molecule has 0 heterocycles. The summed E-state index contributed by atoms with van der Waals surface area (Å²) < 4.78 is 9.94.